The van der Waals surface area contributed by atoms with E-state index in [-0.39, 0.29) is 0 Å². The van der Waals surface area contributed by atoms with Gasteiger partial charge in [-0.1, -0.05) is 12.1 Å². The summed E-state index contributed by atoms with van der Waals surface area (Å²) in [5.74, 6) is 0. The van der Waals surface area contributed by atoms with Crippen molar-refractivity contribution < 1.29 is 0 Å². The average molecular weight is 255 g/mol. The molecule has 1 N–H and O–H groups in total. The molecule has 3 heteroatoms. The average Bonchev–Trinajstić information content (AvgIpc) is 2.93. The molecule has 1 heterocycles. The van der Waals surface area contributed by atoms with Crippen LogP contribution in [0, 0.1) is 0 Å². The van der Waals surface area contributed by atoms with Gasteiger partial charge in [0, 0.05) is 30.5 Å². The molecule has 1 aliphatic rings. The highest BCUT2D eigenvalue weighted by molar-refractivity contribution is 5.55. The molecule has 0 unspecified atom stereocenters. The number of aromatic nitrogens is 2. The first kappa shape index (κ1) is 12.3. The number of hydrogen-bond donors (Lipinski definition) is 1. The summed E-state index contributed by atoms with van der Waals surface area (Å²) in [6, 6.07) is 6.64. The van der Waals surface area contributed by atoms with Crippen molar-refractivity contribution >= 4 is 5.69 Å². The number of benzene rings is 1. The van der Waals surface area contributed by atoms with Gasteiger partial charge in [-0.2, -0.15) is 5.10 Å². The van der Waals surface area contributed by atoms with Gasteiger partial charge in [0.15, 0.2) is 0 Å². The molecule has 0 fully saturated rings. The van der Waals surface area contributed by atoms with Crippen molar-refractivity contribution in [2.45, 2.75) is 45.7 Å². The van der Waals surface area contributed by atoms with Gasteiger partial charge >= 0.3 is 0 Å². The lowest BCUT2D eigenvalue weighted by molar-refractivity contribution is 0.659. The van der Waals surface area contributed by atoms with E-state index in [4.69, 9.17) is 0 Å². The summed E-state index contributed by atoms with van der Waals surface area (Å²) in [6.07, 6.45) is 9.17. The van der Waals surface area contributed by atoms with Gasteiger partial charge in [-0.15, -0.1) is 0 Å². The summed E-state index contributed by atoms with van der Waals surface area (Å²) in [5.41, 5.74) is 5.61. The fourth-order valence-corrected chi connectivity index (χ4v) is 2.81. The molecule has 100 valence electrons. The minimum Gasteiger partial charge on any atom is -0.381 e. The summed E-state index contributed by atoms with van der Waals surface area (Å²) in [4.78, 5) is 0. The molecule has 0 atom stereocenters. The van der Waals surface area contributed by atoms with Gasteiger partial charge in [-0.3, -0.25) is 4.68 Å². The van der Waals surface area contributed by atoms with E-state index in [1.165, 1.54) is 48.1 Å². The molecule has 19 heavy (non-hydrogen) atoms. The molecule has 0 aliphatic heterocycles. The van der Waals surface area contributed by atoms with E-state index in [0.717, 1.165) is 13.1 Å². The van der Waals surface area contributed by atoms with Crippen LogP contribution >= 0.6 is 0 Å². The number of nitrogens with one attached hydrogen (secondary N) is 1. The molecular weight excluding hydrogens is 234 g/mol. The third kappa shape index (κ3) is 2.65. The van der Waals surface area contributed by atoms with Crippen molar-refractivity contribution in [2.75, 3.05) is 5.32 Å². The number of anilines is 1. The Bertz CT molecular complexity index is 557. The Kier molecular flexibility index (Phi) is 3.53. The first-order valence-corrected chi connectivity index (χ1v) is 7.23. The maximum Gasteiger partial charge on any atom is 0.0539 e. The van der Waals surface area contributed by atoms with Crippen LogP contribution in [0.1, 0.15) is 36.5 Å². The third-order valence-corrected chi connectivity index (χ3v) is 3.89. The van der Waals surface area contributed by atoms with E-state index in [9.17, 15) is 0 Å². The first-order valence-electron chi connectivity index (χ1n) is 7.23. The van der Waals surface area contributed by atoms with Crippen molar-refractivity contribution in [1.82, 2.24) is 9.78 Å². The fraction of sp³-hybridized carbons (Fsp3) is 0.438. The van der Waals surface area contributed by atoms with E-state index in [2.05, 4.69) is 41.7 Å². The van der Waals surface area contributed by atoms with E-state index >= 15 is 0 Å². The van der Waals surface area contributed by atoms with Crippen LogP contribution in [0.25, 0.3) is 0 Å². The highest BCUT2D eigenvalue weighted by Gasteiger charge is 2.12. The Morgan fingerprint density at radius 1 is 1.26 bits per heavy atom. The van der Waals surface area contributed by atoms with Gasteiger partial charge in [0.2, 0.25) is 0 Å². The number of rotatable bonds is 4. The van der Waals surface area contributed by atoms with Gasteiger partial charge in [0.05, 0.1) is 6.20 Å². The van der Waals surface area contributed by atoms with E-state index < -0.39 is 0 Å². The van der Waals surface area contributed by atoms with Gasteiger partial charge in [-0.25, -0.2) is 0 Å². The van der Waals surface area contributed by atoms with Gasteiger partial charge < -0.3 is 5.32 Å². The van der Waals surface area contributed by atoms with Crippen LogP contribution < -0.4 is 5.32 Å². The Morgan fingerprint density at radius 3 is 3.00 bits per heavy atom. The topological polar surface area (TPSA) is 29.9 Å². The minimum absolute atomic E-state index is 0.858. The Hall–Kier alpha value is -1.77. The van der Waals surface area contributed by atoms with Crippen molar-refractivity contribution in [3.8, 4) is 0 Å². The Morgan fingerprint density at radius 2 is 2.16 bits per heavy atom. The summed E-state index contributed by atoms with van der Waals surface area (Å²) in [6.45, 7) is 3.90. The predicted molar refractivity (Wildman–Crippen MR) is 78.3 cm³/mol. The lowest BCUT2D eigenvalue weighted by Crippen LogP contribution is -2.08. The smallest absolute Gasteiger partial charge is 0.0539 e. The molecule has 0 saturated heterocycles. The van der Waals surface area contributed by atoms with E-state index in [1.54, 1.807) is 0 Å². The molecule has 1 aliphatic carbocycles. The van der Waals surface area contributed by atoms with Crippen molar-refractivity contribution in [1.29, 1.82) is 0 Å². The number of aryl methyl sites for hydroxylation is 2. The molecule has 0 saturated carbocycles. The number of hydrogen-bond acceptors (Lipinski definition) is 2. The quantitative estimate of drug-likeness (QED) is 0.907. The molecule has 0 bridgehead atoms. The first-order chi connectivity index (χ1) is 9.36. The zero-order valence-corrected chi connectivity index (χ0v) is 11.5. The zero-order valence-electron chi connectivity index (χ0n) is 11.5. The van der Waals surface area contributed by atoms with Crippen molar-refractivity contribution in [2.24, 2.45) is 0 Å². The van der Waals surface area contributed by atoms with Crippen LogP contribution in [-0.4, -0.2) is 9.78 Å². The van der Waals surface area contributed by atoms with Crippen LogP contribution in [0.3, 0.4) is 0 Å². The summed E-state index contributed by atoms with van der Waals surface area (Å²) < 4.78 is 1.97. The van der Waals surface area contributed by atoms with Gasteiger partial charge in [0.1, 0.15) is 0 Å². The fourth-order valence-electron chi connectivity index (χ4n) is 2.81. The largest absolute Gasteiger partial charge is 0.381 e. The van der Waals surface area contributed by atoms with E-state index in [0.29, 0.717) is 0 Å². The minimum atomic E-state index is 0.858. The van der Waals surface area contributed by atoms with Crippen molar-refractivity contribution in [3.63, 3.8) is 0 Å². The highest BCUT2D eigenvalue weighted by atomic mass is 15.3. The van der Waals surface area contributed by atoms with Gasteiger partial charge in [0.25, 0.3) is 0 Å². The van der Waals surface area contributed by atoms with Crippen LogP contribution in [0.5, 0.6) is 0 Å². The second kappa shape index (κ2) is 5.47. The molecule has 1 aromatic heterocycles. The lowest BCUT2D eigenvalue weighted by Gasteiger charge is -2.19. The highest BCUT2D eigenvalue weighted by Crippen LogP contribution is 2.28. The summed E-state index contributed by atoms with van der Waals surface area (Å²) in [5, 5.41) is 7.88. The number of fused-ring (bicyclic) bond motifs is 1. The standard InChI is InChI=1S/C16H21N3/c1-2-19-12-13(11-18-19)10-17-16-9-5-7-14-6-3-4-8-15(14)16/h5,7,9,11-12,17H,2-4,6,8,10H2,1H3. The molecule has 0 radical (unpaired) electrons. The van der Waals surface area contributed by atoms with Gasteiger partial charge in [-0.05, 0) is 49.8 Å². The Labute approximate surface area is 114 Å². The lowest BCUT2D eigenvalue weighted by atomic mass is 9.90. The maximum atomic E-state index is 4.31. The Balaban J connectivity index is 1.73. The monoisotopic (exact) mass is 255 g/mol. The number of nitrogens with zero attached hydrogens (tertiary/aromatic N) is 2. The molecule has 2 aromatic rings. The van der Waals surface area contributed by atoms with Crippen molar-refractivity contribution in [3.05, 3.63) is 47.3 Å². The molecule has 3 rings (SSSR count). The summed E-state index contributed by atoms with van der Waals surface area (Å²) >= 11 is 0. The molecule has 3 nitrogen and oxygen atoms in total. The van der Waals surface area contributed by atoms with Crippen LogP contribution in [-0.2, 0) is 25.9 Å². The van der Waals surface area contributed by atoms with Crippen LogP contribution in [0.15, 0.2) is 30.6 Å². The van der Waals surface area contributed by atoms with Crippen LogP contribution in [0.4, 0.5) is 5.69 Å². The predicted octanol–water partition coefficient (Wildman–Crippen LogP) is 3.39. The second-order valence-corrected chi connectivity index (χ2v) is 5.21. The maximum absolute atomic E-state index is 4.31. The second-order valence-electron chi connectivity index (χ2n) is 5.21. The third-order valence-electron chi connectivity index (χ3n) is 3.89. The van der Waals surface area contributed by atoms with E-state index in [1.807, 2.05) is 10.9 Å². The molecule has 0 spiro atoms. The van der Waals surface area contributed by atoms with Crippen LogP contribution in [0.2, 0.25) is 0 Å². The molecular formula is C16H21N3. The summed E-state index contributed by atoms with van der Waals surface area (Å²) in [7, 11) is 0. The SMILES string of the molecule is CCn1cc(CNc2cccc3c2CCCC3)cn1. The molecule has 0 amide bonds. The molecule has 1 aromatic carbocycles. The normalized spacial score (nSPS) is 14.2. The zero-order chi connectivity index (χ0) is 13.1.